The van der Waals surface area contributed by atoms with Gasteiger partial charge in [0.2, 0.25) is 5.91 Å². The summed E-state index contributed by atoms with van der Waals surface area (Å²) in [7, 11) is 0. The number of halogens is 1. The van der Waals surface area contributed by atoms with E-state index >= 15 is 0 Å². The van der Waals surface area contributed by atoms with Crippen molar-refractivity contribution in [3.8, 4) is 0 Å². The third-order valence-electron chi connectivity index (χ3n) is 3.48. The Labute approximate surface area is 90.4 Å². The fourth-order valence-corrected chi connectivity index (χ4v) is 2.65. The lowest BCUT2D eigenvalue weighted by molar-refractivity contribution is -0.123. The van der Waals surface area contributed by atoms with Crippen molar-refractivity contribution in [3.05, 3.63) is 0 Å². The number of alkyl halides is 1. The molecule has 2 aliphatic carbocycles. The first-order valence-electron chi connectivity index (χ1n) is 5.69. The van der Waals surface area contributed by atoms with E-state index in [9.17, 15) is 4.79 Å². The lowest BCUT2D eigenvalue weighted by atomic mass is 9.83. The highest BCUT2D eigenvalue weighted by Gasteiger charge is 2.28. The highest BCUT2D eigenvalue weighted by atomic mass is 35.5. The summed E-state index contributed by atoms with van der Waals surface area (Å²) < 4.78 is 0. The van der Waals surface area contributed by atoms with E-state index in [0.717, 1.165) is 25.7 Å². The highest BCUT2D eigenvalue weighted by molar-refractivity contribution is 6.21. The molecule has 14 heavy (non-hydrogen) atoms. The van der Waals surface area contributed by atoms with Gasteiger partial charge in [-0.05, 0) is 38.0 Å². The van der Waals surface area contributed by atoms with Gasteiger partial charge in [0.1, 0.15) is 0 Å². The van der Waals surface area contributed by atoms with E-state index in [1.165, 1.54) is 19.3 Å². The average Bonchev–Trinajstić information content (AvgIpc) is 2.45. The van der Waals surface area contributed by atoms with E-state index in [2.05, 4.69) is 5.32 Å². The zero-order valence-corrected chi connectivity index (χ0v) is 9.22. The summed E-state index contributed by atoms with van der Waals surface area (Å²) in [4.78, 5) is 11.6. The van der Waals surface area contributed by atoms with Crippen molar-refractivity contribution in [2.24, 2.45) is 5.92 Å². The molecule has 1 N–H and O–H groups in total. The van der Waals surface area contributed by atoms with Crippen LogP contribution in [0.15, 0.2) is 0 Å². The lowest BCUT2D eigenvalue weighted by Crippen LogP contribution is -2.39. The lowest BCUT2D eigenvalue weighted by Gasteiger charge is -2.25. The van der Waals surface area contributed by atoms with Crippen LogP contribution in [0.1, 0.15) is 44.9 Å². The summed E-state index contributed by atoms with van der Waals surface area (Å²) in [6, 6.07) is 0.240. The molecule has 80 valence electrons. The van der Waals surface area contributed by atoms with Gasteiger partial charge in [0, 0.05) is 12.5 Å². The number of amides is 1. The summed E-state index contributed by atoms with van der Waals surface area (Å²) >= 11 is 6.09. The Hall–Kier alpha value is -0.240. The van der Waals surface area contributed by atoms with Gasteiger partial charge in [-0.2, -0.15) is 0 Å². The molecule has 0 radical (unpaired) electrons. The number of carbonyl (C=O) groups excluding carboxylic acids is 1. The van der Waals surface area contributed by atoms with E-state index in [-0.39, 0.29) is 17.3 Å². The van der Waals surface area contributed by atoms with E-state index in [4.69, 9.17) is 11.6 Å². The summed E-state index contributed by atoms with van der Waals surface area (Å²) in [5, 5.41) is 3.22. The second kappa shape index (κ2) is 4.52. The standard InChI is InChI=1S/C11H18ClNO/c12-9-5-2-6-10(9)13-11(14)7-8-3-1-4-8/h8-10H,1-7H2,(H,13,14). The van der Waals surface area contributed by atoms with Gasteiger partial charge in [0.25, 0.3) is 0 Å². The number of rotatable bonds is 3. The predicted molar refractivity (Wildman–Crippen MR) is 57.4 cm³/mol. The maximum atomic E-state index is 11.6. The molecule has 0 spiro atoms. The van der Waals surface area contributed by atoms with Crippen LogP contribution in [-0.2, 0) is 4.79 Å². The first-order valence-corrected chi connectivity index (χ1v) is 6.13. The number of carbonyl (C=O) groups is 1. The minimum atomic E-state index is 0.167. The third kappa shape index (κ3) is 2.41. The van der Waals surface area contributed by atoms with Crippen molar-refractivity contribution < 1.29 is 4.79 Å². The van der Waals surface area contributed by atoms with Crippen LogP contribution >= 0.6 is 11.6 Å². The molecule has 3 heteroatoms. The Morgan fingerprint density at radius 1 is 1.21 bits per heavy atom. The summed E-state index contributed by atoms with van der Waals surface area (Å²) in [6.45, 7) is 0. The van der Waals surface area contributed by atoms with Gasteiger partial charge >= 0.3 is 0 Å². The second-order valence-corrected chi connectivity index (χ2v) is 5.18. The van der Waals surface area contributed by atoms with Crippen molar-refractivity contribution >= 4 is 17.5 Å². The Balaban J connectivity index is 1.70. The van der Waals surface area contributed by atoms with Crippen molar-refractivity contribution in [3.63, 3.8) is 0 Å². The van der Waals surface area contributed by atoms with Gasteiger partial charge in [-0.3, -0.25) is 4.79 Å². The minimum Gasteiger partial charge on any atom is -0.352 e. The smallest absolute Gasteiger partial charge is 0.220 e. The minimum absolute atomic E-state index is 0.167. The van der Waals surface area contributed by atoms with E-state index in [1.54, 1.807) is 0 Å². The van der Waals surface area contributed by atoms with Crippen LogP contribution in [0.25, 0.3) is 0 Å². The number of hydrogen-bond donors (Lipinski definition) is 1. The molecular weight excluding hydrogens is 198 g/mol. The largest absolute Gasteiger partial charge is 0.352 e. The molecule has 1 amide bonds. The molecule has 0 bridgehead atoms. The molecule has 2 saturated carbocycles. The van der Waals surface area contributed by atoms with Gasteiger partial charge in [0.05, 0.1) is 5.38 Å². The molecule has 2 nitrogen and oxygen atoms in total. The SMILES string of the molecule is O=C(CC1CCC1)NC1CCCC1Cl. The fraction of sp³-hybridized carbons (Fsp3) is 0.909. The fourth-order valence-electron chi connectivity index (χ4n) is 2.30. The molecule has 0 aliphatic heterocycles. The third-order valence-corrected chi connectivity index (χ3v) is 4.00. The topological polar surface area (TPSA) is 29.1 Å². The molecule has 2 rings (SSSR count). The number of hydrogen-bond acceptors (Lipinski definition) is 1. The van der Waals surface area contributed by atoms with Crippen molar-refractivity contribution in [1.82, 2.24) is 5.32 Å². The normalized spacial score (nSPS) is 32.6. The van der Waals surface area contributed by atoms with Crippen molar-refractivity contribution in [2.45, 2.75) is 56.4 Å². The summed E-state index contributed by atoms with van der Waals surface area (Å²) in [6.07, 6.45) is 7.77. The first kappa shape index (κ1) is 10.3. The molecule has 2 unspecified atom stereocenters. The zero-order chi connectivity index (χ0) is 9.97. The molecule has 0 aromatic heterocycles. The average molecular weight is 216 g/mol. The maximum absolute atomic E-state index is 11.6. The molecular formula is C11H18ClNO. The van der Waals surface area contributed by atoms with Crippen LogP contribution in [0.3, 0.4) is 0 Å². The Bertz CT molecular complexity index is 215. The van der Waals surface area contributed by atoms with Gasteiger partial charge in [-0.1, -0.05) is 6.42 Å². The molecule has 0 aromatic rings. The monoisotopic (exact) mass is 215 g/mol. The molecule has 0 heterocycles. The molecule has 0 saturated heterocycles. The summed E-state index contributed by atoms with van der Waals surface area (Å²) in [5.41, 5.74) is 0. The van der Waals surface area contributed by atoms with Crippen LogP contribution in [-0.4, -0.2) is 17.3 Å². The Morgan fingerprint density at radius 2 is 1.93 bits per heavy atom. The first-order chi connectivity index (χ1) is 6.75. The van der Waals surface area contributed by atoms with Crippen molar-refractivity contribution in [1.29, 1.82) is 0 Å². The molecule has 2 aliphatic rings. The van der Waals surface area contributed by atoms with E-state index < -0.39 is 0 Å². The highest BCUT2D eigenvalue weighted by Crippen LogP contribution is 2.30. The van der Waals surface area contributed by atoms with Crippen LogP contribution in [0.4, 0.5) is 0 Å². The Morgan fingerprint density at radius 3 is 2.43 bits per heavy atom. The van der Waals surface area contributed by atoms with Crippen LogP contribution in [0, 0.1) is 5.92 Å². The van der Waals surface area contributed by atoms with Crippen molar-refractivity contribution in [2.75, 3.05) is 0 Å². The molecule has 2 atom stereocenters. The van der Waals surface area contributed by atoms with E-state index in [1.807, 2.05) is 0 Å². The zero-order valence-electron chi connectivity index (χ0n) is 8.47. The maximum Gasteiger partial charge on any atom is 0.220 e. The van der Waals surface area contributed by atoms with Gasteiger partial charge < -0.3 is 5.32 Å². The van der Waals surface area contributed by atoms with Crippen LogP contribution in [0.5, 0.6) is 0 Å². The van der Waals surface area contributed by atoms with Gasteiger partial charge in [-0.25, -0.2) is 0 Å². The Kier molecular flexibility index (Phi) is 3.32. The van der Waals surface area contributed by atoms with Gasteiger partial charge in [-0.15, -0.1) is 11.6 Å². The molecule has 2 fully saturated rings. The van der Waals surface area contributed by atoms with Crippen LogP contribution < -0.4 is 5.32 Å². The summed E-state index contributed by atoms with van der Waals surface area (Å²) in [5.74, 6) is 0.873. The quantitative estimate of drug-likeness (QED) is 0.720. The van der Waals surface area contributed by atoms with Crippen LogP contribution in [0.2, 0.25) is 0 Å². The van der Waals surface area contributed by atoms with E-state index in [0.29, 0.717) is 5.92 Å². The second-order valence-electron chi connectivity index (χ2n) is 4.62. The number of nitrogens with one attached hydrogen (secondary N) is 1. The predicted octanol–water partition coefficient (Wildman–Crippen LogP) is 2.45. The van der Waals surface area contributed by atoms with Gasteiger partial charge in [0.15, 0.2) is 0 Å². The molecule has 0 aromatic carbocycles.